The van der Waals surface area contributed by atoms with Gasteiger partial charge < -0.3 is 0 Å². The third-order valence-corrected chi connectivity index (χ3v) is 4.22. The van der Waals surface area contributed by atoms with Gasteiger partial charge in [0.25, 0.3) is 5.56 Å². The third-order valence-electron chi connectivity index (χ3n) is 4.22. The van der Waals surface area contributed by atoms with Crippen LogP contribution in [0.4, 0.5) is 0 Å². The van der Waals surface area contributed by atoms with E-state index in [0.29, 0.717) is 11.2 Å². The van der Waals surface area contributed by atoms with Crippen molar-refractivity contribution in [2.24, 2.45) is 0 Å². The van der Waals surface area contributed by atoms with E-state index in [1.807, 2.05) is 59.9 Å². The van der Waals surface area contributed by atoms with Crippen molar-refractivity contribution in [1.29, 1.82) is 0 Å². The van der Waals surface area contributed by atoms with Gasteiger partial charge in [-0.3, -0.25) is 9.20 Å². The molecule has 0 fully saturated rings. The molecule has 0 bridgehead atoms. The Labute approximate surface area is 139 Å². The molecule has 2 heterocycles. The van der Waals surface area contributed by atoms with Gasteiger partial charge in [0.05, 0.1) is 16.6 Å². The van der Waals surface area contributed by atoms with Gasteiger partial charge in [-0.2, -0.15) is 0 Å². The standard InChI is InChI=1S/C19H18N4O/c1-3-7-17-20-21-19-22(14-9-6-8-13(2)12-14)18(24)15-10-4-5-11-16(15)23(17)19/h4-6,8-12H,3,7H2,1-2H3. The molecule has 0 spiro atoms. The van der Waals surface area contributed by atoms with Crippen LogP contribution in [-0.2, 0) is 6.42 Å². The molecule has 0 saturated carbocycles. The van der Waals surface area contributed by atoms with Gasteiger partial charge in [0.1, 0.15) is 5.82 Å². The molecule has 0 aliphatic rings. The molecule has 24 heavy (non-hydrogen) atoms. The zero-order valence-electron chi connectivity index (χ0n) is 13.7. The number of rotatable bonds is 3. The summed E-state index contributed by atoms with van der Waals surface area (Å²) < 4.78 is 3.66. The largest absolute Gasteiger partial charge is 0.268 e. The molecule has 120 valence electrons. The highest BCUT2D eigenvalue weighted by Crippen LogP contribution is 2.18. The van der Waals surface area contributed by atoms with Gasteiger partial charge in [0.2, 0.25) is 5.78 Å². The molecule has 5 nitrogen and oxygen atoms in total. The summed E-state index contributed by atoms with van der Waals surface area (Å²) in [7, 11) is 0. The van der Waals surface area contributed by atoms with Gasteiger partial charge in [-0.15, -0.1) is 10.2 Å². The first-order valence-corrected chi connectivity index (χ1v) is 8.15. The normalized spacial score (nSPS) is 11.4. The first kappa shape index (κ1) is 14.6. The second kappa shape index (κ2) is 5.60. The minimum absolute atomic E-state index is 0.0702. The SMILES string of the molecule is CCCc1nnc2n(-c3cccc(C)c3)c(=O)c3ccccc3n12. The Morgan fingerprint density at radius 3 is 2.67 bits per heavy atom. The minimum Gasteiger partial charge on any atom is -0.268 e. The molecule has 5 heteroatoms. The van der Waals surface area contributed by atoms with Gasteiger partial charge in [-0.05, 0) is 43.2 Å². The first-order chi connectivity index (χ1) is 11.7. The summed E-state index contributed by atoms with van der Waals surface area (Å²) in [5.41, 5.74) is 2.69. The van der Waals surface area contributed by atoms with Crippen molar-refractivity contribution < 1.29 is 0 Å². The maximum Gasteiger partial charge on any atom is 0.267 e. The summed E-state index contributed by atoms with van der Waals surface area (Å²) in [4.78, 5) is 13.1. The molecule has 2 aromatic heterocycles. The molecule has 0 saturated heterocycles. The zero-order chi connectivity index (χ0) is 16.7. The van der Waals surface area contributed by atoms with E-state index < -0.39 is 0 Å². The molecule has 0 radical (unpaired) electrons. The molecule has 0 atom stereocenters. The van der Waals surface area contributed by atoms with Crippen LogP contribution >= 0.6 is 0 Å². The molecule has 0 unspecified atom stereocenters. The second-order valence-corrected chi connectivity index (χ2v) is 6.00. The number of hydrogen-bond acceptors (Lipinski definition) is 3. The van der Waals surface area contributed by atoms with Crippen molar-refractivity contribution in [1.82, 2.24) is 19.2 Å². The Morgan fingerprint density at radius 2 is 1.88 bits per heavy atom. The number of para-hydroxylation sites is 1. The minimum atomic E-state index is -0.0702. The van der Waals surface area contributed by atoms with Crippen LogP contribution in [0.5, 0.6) is 0 Å². The van der Waals surface area contributed by atoms with Crippen LogP contribution < -0.4 is 5.56 Å². The maximum absolute atomic E-state index is 13.1. The molecular formula is C19H18N4O. The number of nitrogens with zero attached hydrogens (tertiary/aromatic N) is 4. The van der Waals surface area contributed by atoms with Crippen molar-refractivity contribution in [2.75, 3.05) is 0 Å². The van der Waals surface area contributed by atoms with Crippen LogP contribution in [0, 0.1) is 6.92 Å². The van der Waals surface area contributed by atoms with Crippen LogP contribution in [-0.4, -0.2) is 19.2 Å². The lowest BCUT2D eigenvalue weighted by Crippen LogP contribution is -2.22. The molecule has 0 amide bonds. The Morgan fingerprint density at radius 1 is 1.04 bits per heavy atom. The lowest BCUT2D eigenvalue weighted by Gasteiger charge is -2.11. The molecule has 0 aliphatic heterocycles. The van der Waals surface area contributed by atoms with Crippen LogP contribution in [0.2, 0.25) is 0 Å². The Bertz CT molecular complexity index is 1110. The van der Waals surface area contributed by atoms with Crippen LogP contribution in [0.1, 0.15) is 24.7 Å². The summed E-state index contributed by atoms with van der Waals surface area (Å²) >= 11 is 0. The molecule has 0 N–H and O–H groups in total. The highest BCUT2D eigenvalue weighted by atomic mass is 16.1. The van der Waals surface area contributed by atoms with E-state index in [-0.39, 0.29) is 5.56 Å². The van der Waals surface area contributed by atoms with E-state index >= 15 is 0 Å². The summed E-state index contributed by atoms with van der Waals surface area (Å²) in [6.45, 7) is 4.12. The highest BCUT2D eigenvalue weighted by molar-refractivity contribution is 5.81. The van der Waals surface area contributed by atoms with E-state index in [9.17, 15) is 4.79 Å². The summed E-state index contributed by atoms with van der Waals surface area (Å²) in [6, 6.07) is 15.5. The zero-order valence-corrected chi connectivity index (χ0v) is 13.7. The smallest absolute Gasteiger partial charge is 0.267 e. The fourth-order valence-electron chi connectivity index (χ4n) is 3.14. The van der Waals surface area contributed by atoms with Crippen molar-refractivity contribution in [3.8, 4) is 5.69 Å². The van der Waals surface area contributed by atoms with Crippen molar-refractivity contribution >= 4 is 16.7 Å². The Hall–Kier alpha value is -2.95. The molecule has 2 aromatic carbocycles. The number of fused-ring (bicyclic) bond motifs is 3. The number of hydrogen-bond donors (Lipinski definition) is 0. The van der Waals surface area contributed by atoms with Gasteiger partial charge >= 0.3 is 0 Å². The summed E-state index contributed by atoms with van der Waals surface area (Å²) in [6.07, 6.45) is 1.79. The van der Waals surface area contributed by atoms with Crippen LogP contribution in [0.25, 0.3) is 22.4 Å². The number of aryl methyl sites for hydroxylation is 2. The van der Waals surface area contributed by atoms with Gasteiger partial charge in [-0.1, -0.05) is 31.2 Å². The van der Waals surface area contributed by atoms with E-state index in [0.717, 1.165) is 35.4 Å². The van der Waals surface area contributed by atoms with Crippen LogP contribution in [0.15, 0.2) is 53.3 Å². The van der Waals surface area contributed by atoms with Crippen molar-refractivity contribution in [3.05, 3.63) is 70.3 Å². The fourth-order valence-corrected chi connectivity index (χ4v) is 3.14. The van der Waals surface area contributed by atoms with Gasteiger partial charge in [-0.25, -0.2) is 4.57 Å². The van der Waals surface area contributed by atoms with Crippen molar-refractivity contribution in [3.63, 3.8) is 0 Å². The number of aromatic nitrogens is 4. The third kappa shape index (κ3) is 2.12. The maximum atomic E-state index is 13.1. The molecule has 0 aliphatic carbocycles. The second-order valence-electron chi connectivity index (χ2n) is 6.00. The summed E-state index contributed by atoms with van der Waals surface area (Å²) in [5.74, 6) is 1.44. The predicted octanol–water partition coefficient (Wildman–Crippen LogP) is 3.29. The van der Waals surface area contributed by atoms with E-state index in [2.05, 4.69) is 17.1 Å². The Balaban J connectivity index is 2.20. The average molecular weight is 318 g/mol. The van der Waals surface area contributed by atoms with Gasteiger partial charge in [0.15, 0.2) is 0 Å². The quantitative estimate of drug-likeness (QED) is 0.582. The monoisotopic (exact) mass is 318 g/mol. The summed E-state index contributed by atoms with van der Waals surface area (Å²) in [5, 5.41) is 9.34. The number of benzene rings is 2. The molecule has 4 aromatic rings. The molecular weight excluding hydrogens is 300 g/mol. The molecule has 4 rings (SSSR count). The Kier molecular flexibility index (Phi) is 3.41. The van der Waals surface area contributed by atoms with E-state index in [1.54, 1.807) is 4.57 Å². The van der Waals surface area contributed by atoms with Crippen molar-refractivity contribution in [2.45, 2.75) is 26.7 Å². The predicted molar refractivity (Wildman–Crippen MR) is 94.8 cm³/mol. The lowest BCUT2D eigenvalue weighted by atomic mass is 10.2. The first-order valence-electron chi connectivity index (χ1n) is 8.15. The average Bonchev–Trinajstić information content (AvgIpc) is 2.99. The fraction of sp³-hybridized carbons (Fsp3) is 0.211. The topological polar surface area (TPSA) is 52.2 Å². The lowest BCUT2D eigenvalue weighted by molar-refractivity contribution is 0.823. The van der Waals surface area contributed by atoms with Crippen LogP contribution in [0.3, 0.4) is 0 Å². The van der Waals surface area contributed by atoms with E-state index in [4.69, 9.17) is 0 Å². The van der Waals surface area contributed by atoms with E-state index in [1.165, 1.54) is 0 Å². The van der Waals surface area contributed by atoms with Gasteiger partial charge in [0, 0.05) is 6.42 Å². The highest BCUT2D eigenvalue weighted by Gasteiger charge is 2.16.